The summed E-state index contributed by atoms with van der Waals surface area (Å²) in [5.74, 6) is 2.61. The first kappa shape index (κ1) is 16.0. The van der Waals surface area contributed by atoms with Crippen molar-refractivity contribution in [2.45, 2.75) is 19.9 Å². The molecule has 0 spiro atoms. The summed E-state index contributed by atoms with van der Waals surface area (Å²) >= 11 is 0. The summed E-state index contributed by atoms with van der Waals surface area (Å²) < 4.78 is 10.5. The van der Waals surface area contributed by atoms with Gasteiger partial charge in [0.25, 0.3) is 0 Å². The molecule has 0 unspecified atom stereocenters. The molecular formula is C14H22N6O2. The van der Waals surface area contributed by atoms with Gasteiger partial charge < -0.3 is 19.8 Å². The Bertz CT molecular complexity index is 564. The average Bonchev–Trinajstić information content (AvgIpc) is 3.20. The zero-order valence-electron chi connectivity index (χ0n) is 12.9. The van der Waals surface area contributed by atoms with Gasteiger partial charge in [0.05, 0.1) is 12.8 Å². The molecule has 2 heterocycles. The van der Waals surface area contributed by atoms with Gasteiger partial charge in [-0.3, -0.25) is 10.1 Å². The van der Waals surface area contributed by atoms with Crippen molar-refractivity contribution in [1.29, 1.82) is 0 Å². The van der Waals surface area contributed by atoms with Crippen LogP contribution in [0, 0.1) is 0 Å². The molecule has 0 atom stereocenters. The molecule has 8 heteroatoms. The Hall–Kier alpha value is -2.35. The Kier molecular flexibility index (Phi) is 6.43. The van der Waals surface area contributed by atoms with Gasteiger partial charge in [0, 0.05) is 26.8 Å². The second-order valence-electron chi connectivity index (χ2n) is 4.49. The standard InChI is InChI=1S/C14H22N6O2/c1-3-21-8-5-7-16-14(15-2)17-10-12-18-13(20-19-12)11-6-4-9-22-11/h4,6,9H,3,5,7-8,10H2,1-2H3,(H2,15,16,17)(H,18,19,20). The molecule has 0 bridgehead atoms. The van der Waals surface area contributed by atoms with Gasteiger partial charge in [-0.05, 0) is 25.5 Å². The van der Waals surface area contributed by atoms with Crippen LogP contribution in [0.5, 0.6) is 0 Å². The van der Waals surface area contributed by atoms with Crippen molar-refractivity contribution in [2.24, 2.45) is 4.99 Å². The van der Waals surface area contributed by atoms with Crippen LogP contribution in [0.25, 0.3) is 11.6 Å². The Morgan fingerprint density at radius 1 is 1.45 bits per heavy atom. The minimum atomic E-state index is 0.499. The highest BCUT2D eigenvalue weighted by Crippen LogP contribution is 2.13. The summed E-state index contributed by atoms with van der Waals surface area (Å²) in [6.07, 6.45) is 2.52. The fraction of sp³-hybridized carbons (Fsp3) is 0.500. The fourth-order valence-electron chi connectivity index (χ4n) is 1.80. The quantitative estimate of drug-likeness (QED) is 0.384. The highest BCUT2D eigenvalue weighted by molar-refractivity contribution is 5.79. The molecule has 2 rings (SSSR count). The summed E-state index contributed by atoms with van der Waals surface area (Å²) in [5.41, 5.74) is 0. The Balaban J connectivity index is 1.74. The van der Waals surface area contributed by atoms with E-state index in [2.05, 4.69) is 30.8 Å². The van der Waals surface area contributed by atoms with Crippen molar-refractivity contribution >= 4 is 5.96 Å². The number of aliphatic imine (C=N–C) groups is 1. The molecule has 0 fully saturated rings. The first-order chi connectivity index (χ1) is 10.8. The fourth-order valence-corrected chi connectivity index (χ4v) is 1.80. The number of aromatic amines is 1. The van der Waals surface area contributed by atoms with Gasteiger partial charge in [-0.2, -0.15) is 0 Å². The monoisotopic (exact) mass is 306 g/mol. The third kappa shape index (κ3) is 4.88. The summed E-state index contributed by atoms with van der Waals surface area (Å²) in [5, 5.41) is 13.4. The smallest absolute Gasteiger partial charge is 0.216 e. The maximum Gasteiger partial charge on any atom is 0.216 e. The lowest BCUT2D eigenvalue weighted by molar-refractivity contribution is 0.145. The van der Waals surface area contributed by atoms with Gasteiger partial charge >= 0.3 is 0 Å². The average molecular weight is 306 g/mol. The number of hydrogen-bond acceptors (Lipinski definition) is 5. The van der Waals surface area contributed by atoms with Crippen LogP contribution in [-0.2, 0) is 11.3 Å². The Morgan fingerprint density at radius 2 is 2.36 bits per heavy atom. The number of aromatic nitrogens is 3. The third-order valence-corrected chi connectivity index (χ3v) is 2.88. The Labute approximate surface area is 129 Å². The number of nitrogens with one attached hydrogen (secondary N) is 3. The number of nitrogens with zero attached hydrogens (tertiary/aromatic N) is 3. The number of rotatable bonds is 8. The zero-order valence-corrected chi connectivity index (χ0v) is 12.9. The molecule has 0 aliphatic rings. The number of ether oxygens (including phenoxy) is 1. The maximum absolute atomic E-state index is 5.28. The summed E-state index contributed by atoms with van der Waals surface area (Å²) in [7, 11) is 1.73. The van der Waals surface area contributed by atoms with Crippen LogP contribution in [0.4, 0.5) is 0 Å². The molecule has 0 saturated carbocycles. The van der Waals surface area contributed by atoms with Crippen molar-refractivity contribution in [3.63, 3.8) is 0 Å². The molecule has 0 amide bonds. The van der Waals surface area contributed by atoms with Crippen LogP contribution < -0.4 is 10.6 Å². The number of H-pyrrole nitrogens is 1. The van der Waals surface area contributed by atoms with Gasteiger partial charge in [-0.25, -0.2) is 4.98 Å². The van der Waals surface area contributed by atoms with E-state index in [4.69, 9.17) is 9.15 Å². The third-order valence-electron chi connectivity index (χ3n) is 2.88. The molecule has 22 heavy (non-hydrogen) atoms. The summed E-state index contributed by atoms with van der Waals surface area (Å²) in [4.78, 5) is 8.50. The molecule has 2 aromatic rings. The topological polar surface area (TPSA) is 100 Å². The van der Waals surface area contributed by atoms with E-state index in [1.54, 1.807) is 19.4 Å². The molecule has 8 nitrogen and oxygen atoms in total. The SMILES string of the molecule is CCOCCCNC(=NC)NCc1nc(-c2ccco2)n[nH]1. The minimum Gasteiger partial charge on any atom is -0.461 e. The number of hydrogen-bond donors (Lipinski definition) is 3. The largest absolute Gasteiger partial charge is 0.461 e. The first-order valence-corrected chi connectivity index (χ1v) is 7.31. The van der Waals surface area contributed by atoms with Gasteiger partial charge in [0.2, 0.25) is 5.82 Å². The molecule has 2 aromatic heterocycles. The molecule has 0 aromatic carbocycles. The Morgan fingerprint density at radius 3 is 3.09 bits per heavy atom. The van der Waals surface area contributed by atoms with Crippen LogP contribution in [0.2, 0.25) is 0 Å². The minimum absolute atomic E-state index is 0.499. The highest BCUT2D eigenvalue weighted by Gasteiger charge is 2.08. The molecule has 0 aliphatic carbocycles. The van der Waals surface area contributed by atoms with E-state index in [-0.39, 0.29) is 0 Å². The lowest BCUT2D eigenvalue weighted by Gasteiger charge is -2.10. The van der Waals surface area contributed by atoms with Crippen LogP contribution in [-0.4, -0.2) is 47.9 Å². The molecule has 120 valence electrons. The van der Waals surface area contributed by atoms with Crippen molar-refractivity contribution in [2.75, 3.05) is 26.8 Å². The first-order valence-electron chi connectivity index (χ1n) is 7.31. The van der Waals surface area contributed by atoms with E-state index < -0.39 is 0 Å². The predicted molar refractivity (Wildman–Crippen MR) is 83.4 cm³/mol. The zero-order chi connectivity index (χ0) is 15.6. The molecule has 3 N–H and O–H groups in total. The van der Waals surface area contributed by atoms with Gasteiger partial charge in [0.1, 0.15) is 5.82 Å². The lowest BCUT2D eigenvalue weighted by atomic mass is 10.4. The van der Waals surface area contributed by atoms with E-state index in [1.807, 2.05) is 13.0 Å². The summed E-state index contributed by atoms with van der Waals surface area (Å²) in [6.45, 7) is 4.78. The van der Waals surface area contributed by atoms with E-state index in [0.717, 1.165) is 26.2 Å². The number of furan rings is 1. The molecular weight excluding hydrogens is 284 g/mol. The number of guanidine groups is 1. The normalized spacial score (nSPS) is 11.6. The second-order valence-corrected chi connectivity index (χ2v) is 4.49. The molecule has 0 aliphatic heterocycles. The summed E-state index contributed by atoms with van der Waals surface area (Å²) in [6, 6.07) is 3.62. The van der Waals surface area contributed by atoms with E-state index in [1.165, 1.54) is 0 Å². The van der Waals surface area contributed by atoms with Crippen molar-refractivity contribution in [3.05, 3.63) is 24.2 Å². The van der Waals surface area contributed by atoms with E-state index >= 15 is 0 Å². The van der Waals surface area contributed by atoms with E-state index in [0.29, 0.717) is 29.9 Å². The lowest BCUT2D eigenvalue weighted by Crippen LogP contribution is -2.37. The second kappa shape index (κ2) is 8.83. The van der Waals surface area contributed by atoms with Crippen LogP contribution in [0.3, 0.4) is 0 Å². The van der Waals surface area contributed by atoms with Crippen LogP contribution >= 0.6 is 0 Å². The van der Waals surface area contributed by atoms with Gasteiger partial charge in [-0.15, -0.1) is 5.10 Å². The maximum atomic E-state index is 5.28. The van der Waals surface area contributed by atoms with E-state index in [9.17, 15) is 0 Å². The van der Waals surface area contributed by atoms with Gasteiger partial charge in [-0.1, -0.05) is 0 Å². The van der Waals surface area contributed by atoms with Crippen LogP contribution in [0.15, 0.2) is 27.8 Å². The van der Waals surface area contributed by atoms with Crippen molar-refractivity contribution < 1.29 is 9.15 Å². The van der Waals surface area contributed by atoms with Crippen molar-refractivity contribution in [3.8, 4) is 11.6 Å². The van der Waals surface area contributed by atoms with Crippen LogP contribution in [0.1, 0.15) is 19.2 Å². The van der Waals surface area contributed by atoms with Crippen molar-refractivity contribution in [1.82, 2.24) is 25.8 Å². The molecule has 0 saturated heterocycles. The molecule has 0 radical (unpaired) electrons. The van der Waals surface area contributed by atoms with Gasteiger partial charge in [0.15, 0.2) is 11.7 Å². The highest BCUT2D eigenvalue weighted by atomic mass is 16.5. The predicted octanol–water partition coefficient (Wildman–Crippen LogP) is 1.16.